The summed E-state index contributed by atoms with van der Waals surface area (Å²) in [7, 11) is 0. The maximum absolute atomic E-state index is 13.7. The number of amides is 2. The van der Waals surface area contributed by atoms with Gasteiger partial charge in [-0.1, -0.05) is 30.3 Å². The summed E-state index contributed by atoms with van der Waals surface area (Å²) in [4.78, 5) is 39.9. The molecule has 244 valence electrons. The summed E-state index contributed by atoms with van der Waals surface area (Å²) < 4.78 is 0. The highest BCUT2D eigenvalue weighted by atomic mass is 16.2. The monoisotopic (exact) mass is 633 g/mol. The van der Waals surface area contributed by atoms with E-state index in [1.165, 1.54) is 6.42 Å². The number of H-pyrrole nitrogens is 1. The molecule has 0 saturated heterocycles. The lowest BCUT2D eigenvalue weighted by Gasteiger charge is -2.27. The van der Waals surface area contributed by atoms with Crippen LogP contribution in [0.15, 0.2) is 66.7 Å². The number of rotatable bonds is 12. The predicted molar refractivity (Wildman–Crippen MR) is 181 cm³/mol. The lowest BCUT2D eigenvalue weighted by Crippen LogP contribution is -2.39. The number of hydrogen-bond donors (Lipinski definition) is 4. The first-order valence-electron chi connectivity index (χ1n) is 16.7. The molecule has 2 amide bonds. The van der Waals surface area contributed by atoms with Crippen molar-refractivity contribution < 1.29 is 14.4 Å². The van der Waals surface area contributed by atoms with Crippen LogP contribution in [0.5, 0.6) is 0 Å². The number of carbonyl (C=O) groups excluding carboxylic acids is 3. The molecule has 4 aromatic rings. The molecule has 6 rings (SSSR count). The number of anilines is 1. The van der Waals surface area contributed by atoms with Crippen LogP contribution in [-0.4, -0.2) is 50.8 Å². The van der Waals surface area contributed by atoms with Crippen LogP contribution in [0.4, 0.5) is 5.69 Å². The van der Waals surface area contributed by atoms with Gasteiger partial charge in [0.2, 0.25) is 11.7 Å². The number of tetrazole rings is 1. The van der Waals surface area contributed by atoms with Gasteiger partial charge in [-0.25, -0.2) is 0 Å². The van der Waals surface area contributed by atoms with Crippen LogP contribution in [-0.2, 0) is 16.0 Å². The van der Waals surface area contributed by atoms with Gasteiger partial charge in [-0.3, -0.25) is 14.4 Å². The Bertz CT molecular complexity index is 1670. The van der Waals surface area contributed by atoms with Crippen molar-refractivity contribution in [3.63, 3.8) is 0 Å². The van der Waals surface area contributed by atoms with Crippen LogP contribution in [0, 0.1) is 24.7 Å². The molecule has 10 nitrogen and oxygen atoms in total. The average molecular weight is 634 g/mol. The third-order valence-corrected chi connectivity index (χ3v) is 9.89. The number of ketones is 1. The standard InChI is InChI=1S/C37H43N7O3/c1-23-19-29(36(46)39-31-3-2-4-31)15-18-33(23)26-9-5-24(6-10-26)20-30(21-34(45)27-11-7-25(22-38)8-12-27)37(47)40-32-16-13-28(14-17-32)35-41-43-44-42-35/h5-6,9-10,13-19,25,27,30-31H,2-4,7-8,11-12,20-22,38H2,1H3,(H,39,46)(H,40,47)(H,41,42,43,44). The summed E-state index contributed by atoms with van der Waals surface area (Å²) >= 11 is 0. The van der Waals surface area contributed by atoms with E-state index in [0.717, 1.165) is 66.3 Å². The number of nitrogens with two attached hydrogens (primary N) is 1. The molecule has 10 heteroatoms. The fourth-order valence-corrected chi connectivity index (χ4v) is 6.67. The van der Waals surface area contributed by atoms with Gasteiger partial charge < -0.3 is 16.4 Å². The van der Waals surface area contributed by atoms with Gasteiger partial charge in [0.25, 0.3) is 5.91 Å². The highest BCUT2D eigenvalue weighted by Crippen LogP contribution is 2.32. The smallest absolute Gasteiger partial charge is 0.251 e. The van der Waals surface area contributed by atoms with Crippen molar-refractivity contribution >= 4 is 23.3 Å². The molecule has 0 aliphatic heterocycles. The zero-order valence-electron chi connectivity index (χ0n) is 26.9. The van der Waals surface area contributed by atoms with Crippen LogP contribution >= 0.6 is 0 Å². The zero-order chi connectivity index (χ0) is 32.8. The Balaban J connectivity index is 1.15. The highest BCUT2D eigenvalue weighted by molar-refractivity contribution is 5.96. The largest absolute Gasteiger partial charge is 0.349 e. The van der Waals surface area contributed by atoms with Gasteiger partial charge in [-0.05, 0) is 135 Å². The summed E-state index contributed by atoms with van der Waals surface area (Å²) in [5.74, 6) is 0.364. The van der Waals surface area contributed by atoms with Crippen LogP contribution in [0.25, 0.3) is 22.5 Å². The second kappa shape index (κ2) is 14.8. The molecule has 2 aliphatic carbocycles. The minimum Gasteiger partial charge on any atom is -0.349 e. The number of Topliss-reactive ketones (excluding diaryl/α,β-unsaturated/α-hetero) is 1. The van der Waals surface area contributed by atoms with Gasteiger partial charge >= 0.3 is 0 Å². The summed E-state index contributed by atoms with van der Waals surface area (Å²) in [6.07, 6.45) is 7.51. The van der Waals surface area contributed by atoms with E-state index in [9.17, 15) is 14.4 Å². The maximum atomic E-state index is 13.7. The van der Waals surface area contributed by atoms with Crippen molar-refractivity contribution in [2.75, 3.05) is 11.9 Å². The van der Waals surface area contributed by atoms with Gasteiger partial charge in [0.05, 0.1) is 0 Å². The Labute approximate surface area is 275 Å². The molecule has 2 fully saturated rings. The Morgan fingerprint density at radius 3 is 2.26 bits per heavy atom. The molecule has 1 aromatic heterocycles. The lowest BCUT2D eigenvalue weighted by molar-refractivity contribution is -0.129. The molecule has 2 saturated carbocycles. The van der Waals surface area contributed by atoms with Gasteiger partial charge in [0, 0.05) is 41.1 Å². The van der Waals surface area contributed by atoms with Crippen LogP contribution in [0.2, 0.25) is 0 Å². The van der Waals surface area contributed by atoms with E-state index in [0.29, 0.717) is 42.0 Å². The molecule has 0 spiro atoms. The highest BCUT2D eigenvalue weighted by Gasteiger charge is 2.30. The second-order valence-corrected chi connectivity index (χ2v) is 13.2. The molecule has 1 atom stereocenters. The van der Waals surface area contributed by atoms with E-state index in [4.69, 9.17) is 5.73 Å². The molecule has 5 N–H and O–H groups in total. The van der Waals surface area contributed by atoms with Gasteiger partial charge in [-0.2, -0.15) is 5.21 Å². The molecule has 1 heterocycles. The number of aromatic nitrogens is 4. The minimum atomic E-state index is -0.521. The normalized spacial score (nSPS) is 18.6. The second-order valence-electron chi connectivity index (χ2n) is 13.2. The third-order valence-electron chi connectivity index (χ3n) is 9.89. The quantitative estimate of drug-likeness (QED) is 0.157. The van der Waals surface area contributed by atoms with E-state index in [1.807, 2.05) is 61.5 Å². The number of carbonyl (C=O) groups is 3. The van der Waals surface area contributed by atoms with Crippen molar-refractivity contribution in [2.45, 2.75) is 70.8 Å². The van der Waals surface area contributed by atoms with Gasteiger partial charge in [-0.15, -0.1) is 10.2 Å². The number of nitrogens with zero attached hydrogens (tertiary/aromatic N) is 3. The Morgan fingerprint density at radius 1 is 0.915 bits per heavy atom. The van der Waals surface area contributed by atoms with Crippen molar-refractivity contribution in [1.82, 2.24) is 25.9 Å². The number of aryl methyl sites for hydroxylation is 1. The molecular formula is C37H43N7O3. The van der Waals surface area contributed by atoms with Crippen LogP contribution < -0.4 is 16.4 Å². The number of nitrogens with one attached hydrogen (secondary N) is 3. The van der Waals surface area contributed by atoms with E-state index in [-0.39, 0.29) is 29.9 Å². The molecule has 1 unspecified atom stereocenters. The van der Waals surface area contributed by atoms with E-state index < -0.39 is 5.92 Å². The lowest BCUT2D eigenvalue weighted by atomic mass is 9.77. The Kier molecular flexibility index (Phi) is 10.2. The molecule has 47 heavy (non-hydrogen) atoms. The predicted octanol–water partition coefficient (Wildman–Crippen LogP) is 5.65. The fourth-order valence-electron chi connectivity index (χ4n) is 6.67. The van der Waals surface area contributed by atoms with Crippen molar-refractivity contribution in [3.8, 4) is 22.5 Å². The average Bonchev–Trinajstić information content (AvgIpc) is 3.62. The number of aromatic amines is 1. The number of benzene rings is 3. The first-order chi connectivity index (χ1) is 22.9. The topological polar surface area (TPSA) is 156 Å². The van der Waals surface area contributed by atoms with Gasteiger partial charge in [0.1, 0.15) is 5.78 Å². The number of hydrogen-bond acceptors (Lipinski definition) is 7. The maximum Gasteiger partial charge on any atom is 0.251 e. The fraction of sp³-hybridized carbons (Fsp3) is 0.405. The first kappa shape index (κ1) is 32.2. The molecule has 0 radical (unpaired) electrons. The van der Waals surface area contributed by atoms with Gasteiger partial charge in [0.15, 0.2) is 0 Å². The zero-order valence-corrected chi connectivity index (χ0v) is 26.9. The summed E-state index contributed by atoms with van der Waals surface area (Å²) in [6.45, 7) is 2.68. The summed E-state index contributed by atoms with van der Waals surface area (Å²) in [5, 5.41) is 20.2. The Hall–Kier alpha value is -4.70. The van der Waals surface area contributed by atoms with Crippen molar-refractivity contribution in [2.24, 2.45) is 23.5 Å². The Morgan fingerprint density at radius 2 is 1.64 bits per heavy atom. The molecule has 3 aromatic carbocycles. The van der Waals surface area contributed by atoms with Crippen LogP contribution in [0.3, 0.4) is 0 Å². The summed E-state index contributed by atoms with van der Waals surface area (Å²) in [5.41, 5.74) is 12.1. The van der Waals surface area contributed by atoms with E-state index in [1.54, 1.807) is 12.1 Å². The SMILES string of the molecule is Cc1cc(C(=O)NC2CCC2)ccc1-c1ccc(CC(CC(=O)C2CCC(CN)CC2)C(=O)Nc2ccc(-c3nn[nH]n3)cc2)cc1. The molecular weight excluding hydrogens is 590 g/mol. The first-order valence-corrected chi connectivity index (χ1v) is 16.7. The minimum absolute atomic E-state index is 0.0195. The van der Waals surface area contributed by atoms with E-state index >= 15 is 0 Å². The van der Waals surface area contributed by atoms with Crippen molar-refractivity contribution in [3.05, 3.63) is 83.4 Å². The summed E-state index contributed by atoms with van der Waals surface area (Å²) in [6, 6.07) is 21.5. The molecule has 2 aliphatic rings. The van der Waals surface area contributed by atoms with Crippen LogP contribution in [0.1, 0.15) is 72.9 Å². The van der Waals surface area contributed by atoms with E-state index in [2.05, 4.69) is 31.3 Å². The van der Waals surface area contributed by atoms with Crippen molar-refractivity contribution in [1.29, 1.82) is 0 Å². The molecule has 0 bridgehead atoms. The third kappa shape index (κ3) is 8.00.